The molecule has 0 fully saturated rings. The number of amides is 1. The Labute approximate surface area is 127 Å². The van der Waals surface area contributed by atoms with E-state index in [0.29, 0.717) is 6.07 Å². The van der Waals surface area contributed by atoms with Crippen molar-refractivity contribution in [3.8, 4) is 5.75 Å². The van der Waals surface area contributed by atoms with E-state index >= 15 is 0 Å². The van der Waals surface area contributed by atoms with Crippen molar-refractivity contribution < 1.29 is 18.3 Å². The third-order valence-corrected chi connectivity index (χ3v) is 3.29. The van der Waals surface area contributed by atoms with E-state index in [0.717, 1.165) is 23.3 Å². The number of hydrogen-bond acceptors (Lipinski definition) is 2. The minimum absolute atomic E-state index is 0.153. The molecule has 1 amide bonds. The van der Waals surface area contributed by atoms with Crippen molar-refractivity contribution in [3.63, 3.8) is 0 Å². The Hall–Kier alpha value is -2.43. The van der Waals surface area contributed by atoms with Gasteiger partial charge in [-0.15, -0.1) is 0 Å². The first-order chi connectivity index (χ1) is 10.5. The summed E-state index contributed by atoms with van der Waals surface area (Å²) in [5, 5.41) is 2.78. The van der Waals surface area contributed by atoms with Crippen LogP contribution in [0, 0.1) is 18.6 Å². The number of halogens is 2. The van der Waals surface area contributed by atoms with Gasteiger partial charge >= 0.3 is 0 Å². The Bertz CT molecular complexity index is 673. The van der Waals surface area contributed by atoms with E-state index in [1.165, 1.54) is 0 Å². The van der Waals surface area contributed by atoms with Gasteiger partial charge < -0.3 is 10.1 Å². The number of rotatable bonds is 5. The summed E-state index contributed by atoms with van der Waals surface area (Å²) in [6.45, 7) is 3.49. The number of nitrogens with one attached hydrogen (secondary N) is 1. The minimum Gasteiger partial charge on any atom is -0.481 e. The maximum atomic E-state index is 13.4. The van der Waals surface area contributed by atoms with Gasteiger partial charge in [0.05, 0.1) is 6.04 Å². The van der Waals surface area contributed by atoms with Gasteiger partial charge in [-0.05, 0) is 37.1 Å². The normalized spacial score (nSPS) is 11.8. The van der Waals surface area contributed by atoms with Crippen LogP contribution in [0.25, 0.3) is 0 Å². The van der Waals surface area contributed by atoms with Crippen LogP contribution in [0.2, 0.25) is 0 Å². The predicted octanol–water partition coefficient (Wildman–Crippen LogP) is 3.53. The first-order valence-corrected chi connectivity index (χ1v) is 6.90. The van der Waals surface area contributed by atoms with Crippen LogP contribution < -0.4 is 10.1 Å². The molecule has 3 nitrogen and oxygen atoms in total. The maximum absolute atomic E-state index is 13.4. The van der Waals surface area contributed by atoms with Crippen molar-refractivity contribution in [2.45, 2.75) is 19.9 Å². The van der Waals surface area contributed by atoms with E-state index in [-0.39, 0.29) is 24.3 Å². The summed E-state index contributed by atoms with van der Waals surface area (Å²) in [7, 11) is 0. The lowest BCUT2D eigenvalue weighted by Gasteiger charge is -2.16. The van der Waals surface area contributed by atoms with E-state index in [1.807, 2.05) is 38.1 Å². The lowest BCUT2D eigenvalue weighted by molar-refractivity contribution is -0.123. The summed E-state index contributed by atoms with van der Waals surface area (Å²) in [5.74, 6) is -2.05. The third-order valence-electron chi connectivity index (χ3n) is 3.29. The van der Waals surface area contributed by atoms with Gasteiger partial charge in [-0.2, -0.15) is 0 Å². The maximum Gasteiger partial charge on any atom is 0.258 e. The monoisotopic (exact) mass is 305 g/mol. The fourth-order valence-corrected chi connectivity index (χ4v) is 2.17. The van der Waals surface area contributed by atoms with Crippen molar-refractivity contribution >= 4 is 5.91 Å². The van der Waals surface area contributed by atoms with Crippen molar-refractivity contribution in [2.24, 2.45) is 0 Å². The molecule has 116 valence electrons. The Morgan fingerprint density at radius 3 is 2.64 bits per heavy atom. The Morgan fingerprint density at radius 2 is 1.95 bits per heavy atom. The van der Waals surface area contributed by atoms with Gasteiger partial charge in [-0.1, -0.05) is 24.3 Å². The average Bonchev–Trinajstić information content (AvgIpc) is 2.46. The van der Waals surface area contributed by atoms with E-state index in [4.69, 9.17) is 4.74 Å². The summed E-state index contributed by atoms with van der Waals surface area (Å²) in [6, 6.07) is 10.5. The molecule has 0 saturated heterocycles. The molecule has 1 atom stereocenters. The smallest absolute Gasteiger partial charge is 0.258 e. The zero-order valence-corrected chi connectivity index (χ0v) is 12.4. The second-order valence-corrected chi connectivity index (χ2v) is 5.01. The highest BCUT2D eigenvalue weighted by molar-refractivity contribution is 5.78. The number of aryl methyl sites for hydroxylation is 1. The van der Waals surface area contributed by atoms with Gasteiger partial charge in [0.2, 0.25) is 0 Å². The van der Waals surface area contributed by atoms with Gasteiger partial charge in [0.25, 0.3) is 5.91 Å². The quantitative estimate of drug-likeness (QED) is 0.917. The predicted molar refractivity (Wildman–Crippen MR) is 79.6 cm³/mol. The molecular weight excluding hydrogens is 288 g/mol. The van der Waals surface area contributed by atoms with Crippen LogP contribution in [0.15, 0.2) is 42.5 Å². The topological polar surface area (TPSA) is 38.3 Å². The summed E-state index contributed by atoms with van der Waals surface area (Å²) in [6.07, 6.45) is 0. The molecule has 1 N–H and O–H groups in total. The van der Waals surface area contributed by atoms with Crippen LogP contribution in [0.3, 0.4) is 0 Å². The van der Waals surface area contributed by atoms with Crippen molar-refractivity contribution in [1.29, 1.82) is 0 Å². The number of benzene rings is 2. The molecule has 0 aliphatic carbocycles. The van der Waals surface area contributed by atoms with Crippen LogP contribution in [-0.2, 0) is 4.79 Å². The van der Waals surface area contributed by atoms with E-state index in [9.17, 15) is 13.6 Å². The number of carbonyl (C=O) groups is 1. The third kappa shape index (κ3) is 4.04. The standard InChI is InChI=1S/C17H17F2NO2/c1-11-5-3-4-6-14(11)12(2)20-17(21)10-22-16-8-7-13(18)9-15(16)19/h3-9,12H,10H2,1-2H3,(H,20,21). The van der Waals surface area contributed by atoms with Crippen molar-refractivity contribution in [2.75, 3.05) is 6.61 Å². The molecule has 2 aromatic rings. The highest BCUT2D eigenvalue weighted by Gasteiger charge is 2.13. The highest BCUT2D eigenvalue weighted by Crippen LogP contribution is 2.18. The van der Waals surface area contributed by atoms with Crippen molar-refractivity contribution in [1.82, 2.24) is 5.32 Å². The second kappa shape index (κ2) is 7.02. The SMILES string of the molecule is Cc1ccccc1C(C)NC(=O)COc1ccc(F)cc1F. The molecule has 0 aromatic heterocycles. The van der Waals surface area contributed by atoms with Crippen LogP contribution in [-0.4, -0.2) is 12.5 Å². The first-order valence-electron chi connectivity index (χ1n) is 6.90. The fourth-order valence-electron chi connectivity index (χ4n) is 2.17. The Kier molecular flexibility index (Phi) is 5.09. The first kappa shape index (κ1) is 15.9. The largest absolute Gasteiger partial charge is 0.481 e. The molecule has 1 unspecified atom stereocenters. The lowest BCUT2D eigenvalue weighted by Crippen LogP contribution is -2.31. The highest BCUT2D eigenvalue weighted by atomic mass is 19.1. The summed E-state index contributed by atoms with van der Waals surface area (Å²) >= 11 is 0. The van der Waals surface area contributed by atoms with Gasteiger partial charge in [0, 0.05) is 6.07 Å². The van der Waals surface area contributed by atoms with E-state index in [1.54, 1.807) is 0 Å². The average molecular weight is 305 g/mol. The van der Waals surface area contributed by atoms with Crippen LogP contribution >= 0.6 is 0 Å². The zero-order chi connectivity index (χ0) is 16.1. The lowest BCUT2D eigenvalue weighted by atomic mass is 10.0. The summed E-state index contributed by atoms with van der Waals surface area (Å²) < 4.78 is 31.2. The molecule has 22 heavy (non-hydrogen) atoms. The van der Waals surface area contributed by atoms with Gasteiger partial charge in [0.15, 0.2) is 18.2 Å². The van der Waals surface area contributed by atoms with E-state index < -0.39 is 11.6 Å². The summed E-state index contributed by atoms with van der Waals surface area (Å²) in [4.78, 5) is 11.9. The number of carbonyl (C=O) groups excluding carboxylic acids is 1. The van der Waals surface area contributed by atoms with Crippen molar-refractivity contribution in [3.05, 3.63) is 65.2 Å². The fraction of sp³-hybridized carbons (Fsp3) is 0.235. The van der Waals surface area contributed by atoms with Gasteiger partial charge in [0.1, 0.15) is 5.82 Å². The van der Waals surface area contributed by atoms with E-state index in [2.05, 4.69) is 5.32 Å². The molecule has 0 aliphatic heterocycles. The summed E-state index contributed by atoms with van der Waals surface area (Å²) in [5.41, 5.74) is 2.07. The molecular formula is C17H17F2NO2. The molecule has 0 radical (unpaired) electrons. The molecule has 0 saturated carbocycles. The molecule has 0 heterocycles. The molecule has 0 bridgehead atoms. The van der Waals surface area contributed by atoms with Crippen LogP contribution in [0.1, 0.15) is 24.1 Å². The second-order valence-electron chi connectivity index (χ2n) is 5.01. The molecule has 0 spiro atoms. The van der Waals surface area contributed by atoms with Gasteiger partial charge in [-0.25, -0.2) is 8.78 Å². The number of ether oxygens (including phenoxy) is 1. The number of hydrogen-bond donors (Lipinski definition) is 1. The molecule has 5 heteroatoms. The molecule has 2 aromatic carbocycles. The van der Waals surface area contributed by atoms with Crippen LogP contribution in [0.4, 0.5) is 8.78 Å². The Morgan fingerprint density at radius 1 is 1.23 bits per heavy atom. The Balaban J connectivity index is 1.92. The molecule has 0 aliphatic rings. The molecule has 2 rings (SSSR count). The van der Waals surface area contributed by atoms with Crippen LogP contribution in [0.5, 0.6) is 5.75 Å². The minimum atomic E-state index is -0.834. The van der Waals surface area contributed by atoms with Gasteiger partial charge in [-0.3, -0.25) is 4.79 Å². The zero-order valence-electron chi connectivity index (χ0n) is 12.4.